The van der Waals surface area contributed by atoms with E-state index < -0.39 is 5.82 Å². The van der Waals surface area contributed by atoms with E-state index in [4.69, 9.17) is 4.98 Å². The minimum atomic E-state index is -0.525. The Bertz CT molecular complexity index is 1630. The maximum absolute atomic E-state index is 14.8. The largest absolute Gasteiger partial charge is 0.346 e. The number of halogens is 1. The maximum atomic E-state index is 14.8. The number of nitrogens with one attached hydrogen (secondary N) is 1. The lowest BCUT2D eigenvalue weighted by atomic mass is 9.95. The van der Waals surface area contributed by atoms with Gasteiger partial charge >= 0.3 is 0 Å². The molecular formula is C29H27FN6. The molecule has 5 aromatic rings. The molecule has 7 heteroatoms. The number of hydrogen-bond acceptors (Lipinski definition) is 4. The summed E-state index contributed by atoms with van der Waals surface area (Å²) < 4.78 is 19.0. The van der Waals surface area contributed by atoms with E-state index in [1.165, 1.54) is 6.07 Å². The molecule has 6 rings (SSSR count). The number of aromatic nitrogens is 4. The minimum absolute atomic E-state index is 0.0363. The Labute approximate surface area is 209 Å². The quantitative estimate of drug-likeness (QED) is 0.340. The first-order chi connectivity index (χ1) is 17.5. The monoisotopic (exact) mass is 478 g/mol. The highest BCUT2D eigenvalue weighted by atomic mass is 19.1. The number of nitriles is 1. The molecule has 1 saturated heterocycles. The van der Waals surface area contributed by atoms with Crippen molar-refractivity contribution in [3.8, 4) is 28.5 Å². The fourth-order valence-electron chi connectivity index (χ4n) is 5.35. The molecule has 0 saturated carbocycles. The number of rotatable bonds is 5. The van der Waals surface area contributed by atoms with Gasteiger partial charge in [0.2, 0.25) is 0 Å². The number of hydrogen-bond donors (Lipinski definition) is 1. The lowest BCUT2D eigenvalue weighted by Gasteiger charge is -2.15. The van der Waals surface area contributed by atoms with Crippen LogP contribution >= 0.6 is 0 Å². The summed E-state index contributed by atoms with van der Waals surface area (Å²) in [6.45, 7) is 7.21. The van der Waals surface area contributed by atoms with E-state index in [0.717, 1.165) is 64.7 Å². The summed E-state index contributed by atoms with van der Waals surface area (Å²) in [6, 6.07) is 15.3. The van der Waals surface area contributed by atoms with Gasteiger partial charge in [0.25, 0.3) is 0 Å². The topological polar surface area (TPSA) is 71.5 Å². The van der Waals surface area contributed by atoms with Crippen LogP contribution in [0.5, 0.6) is 0 Å². The van der Waals surface area contributed by atoms with E-state index in [-0.39, 0.29) is 11.6 Å². The first kappa shape index (κ1) is 22.4. The van der Waals surface area contributed by atoms with E-state index in [1.807, 2.05) is 29.2 Å². The fourth-order valence-corrected chi connectivity index (χ4v) is 5.35. The van der Waals surface area contributed by atoms with Crippen molar-refractivity contribution in [1.29, 1.82) is 5.26 Å². The highest BCUT2D eigenvalue weighted by molar-refractivity contribution is 6.02. The Kier molecular flexibility index (Phi) is 5.54. The number of benzene rings is 2. The minimum Gasteiger partial charge on any atom is -0.346 e. The predicted molar refractivity (Wildman–Crippen MR) is 140 cm³/mol. The summed E-state index contributed by atoms with van der Waals surface area (Å²) in [5, 5.41) is 19.3. The van der Waals surface area contributed by atoms with Crippen molar-refractivity contribution in [3.63, 3.8) is 0 Å². The smallest absolute Gasteiger partial charge is 0.141 e. The maximum Gasteiger partial charge on any atom is 0.141 e. The summed E-state index contributed by atoms with van der Waals surface area (Å²) in [5.41, 5.74) is 5.43. The normalized spacial score (nSPS) is 15.8. The Hall–Kier alpha value is -4.02. The van der Waals surface area contributed by atoms with Crippen LogP contribution in [0.2, 0.25) is 0 Å². The number of nitrogens with zero attached hydrogens (tertiary/aromatic N) is 5. The molecule has 0 amide bonds. The molecule has 36 heavy (non-hydrogen) atoms. The summed E-state index contributed by atoms with van der Waals surface area (Å²) in [4.78, 5) is 4.93. The molecule has 1 N–H and O–H groups in total. The fraction of sp³-hybridized carbons (Fsp3) is 0.276. The lowest BCUT2D eigenvalue weighted by molar-refractivity contribution is 0.491. The van der Waals surface area contributed by atoms with E-state index in [1.54, 1.807) is 6.07 Å². The third-order valence-corrected chi connectivity index (χ3v) is 7.18. The van der Waals surface area contributed by atoms with Crippen molar-refractivity contribution >= 4 is 21.8 Å². The molecule has 0 radical (unpaired) electrons. The molecule has 180 valence electrons. The summed E-state index contributed by atoms with van der Waals surface area (Å²) in [6.07, 6.45) is 7.07. The van der Waals surface area contributed by atoms with Gasteiger partial charge in [0, 0.05) is 40.7 Å². The molecule has 6 nitrogen and oxygen atoms in total. The van der Waals surface area contributed by atoms with E-state index in [2.05, 4.69) is 59.3 Å². The molecule has 3 aromatic heterocycles. The van der Waals surface area contributed by atoms with Crippen molar-refractivity contribution in [1.82, 2.24) is 24.6 Å². The molecular weight excluding hydrogens is 451 g/mol. The average Bonchev–Trinajstić information content (AvgIpc) is 3.63. The highest BCUT2D eigenvalue weighted by Gasteiger charge is 2.20. The van der Waals surface area contributed by atoms with E-state index in [9.17, 15) is 9.65 Å². The molecule has 0 aliphatic carbocycles. The van der Waals surface area contributed by atoms with Gasteiger partial charge in [0.15, 0.2) is 0 Å². The van der Waals surface area contributed by atoms with Crippen molar-refractivity contribution in [2.45, 2.75) is 32.9 Å². The molecule has 1 unspecified atom stereocenters. The third kappa shape index (κ3) is 3.75. The van der Waals surface area contributed by atoms with Crippen LogP contribution in [0.1, 0.15) is 31.9 Å². The van der Waals surface area contributed by atoms with Gasteiger partial charge in [0.05, 0.1) is 34.7 Å². The van der Waals surface area contributed by atoms with Crippen LogP contribution in [0, 0.1) is 23.1 Å². The van der Waals surface area contributed by atoms with Gasteiger partial charge in [-0.05, 0) is 75.2 Å². The van der Waals surface area contributed by atoms with Crippen LogP contribution in [-0.4, -0.2) is 32.4 Å². The Balaban J connectivity index is 1.55. The van der Waals surface area contributed by atoms with Gasteiger partial charge in [-0.15, -0.1) is 0 Å². The summed E-state index contributed by atoms with van der Waals surface area (Å²) >= 11 is 0. The number of pyridine rings is 1. The zero-order chi connectivity index (χ0) is 24.8. The van der Waals surface area contributed by atoms with Crippen molar-refractivity contribution in [3.05, 3.63) is 72.4 Å². The highest BCUT2D eigenvalue weighted by Crippen LogP contribution is 2.39. The average molecular weight is 479 g/mol. The van der Waals surface area contributed by atoms with Crippen molar-refractivity contribution < 1.29 is 4.39 Å². The molecule has 1 fully saturated rings. The second kappa shape index (κ2) is 8.89. The first-order valence-corrected chi connectivity index (χ1v) is 12.4. The van der Waals surface area contributed by atoms with Crippen LogP contribution in [0.15, 0.2) is 61.1 Å². The second-order valence-corrected chi connectivity index (χ2v) is 9.87. The Morgan fingerprint density at radius 1 is 1.11 bits per heavy atom. The zero-order valence-corrected chi connectivity index (χ0v) is 20.4. The number of fused-ring (bicyclic) bond motifs is 2. The third-order valence-electron chi connectivity index (χ3n) is 7.18. The van der Waals surface area contributed by atoms with Gasteiger partial charge in [-0.2, -0.15) is 10.4 Å². The molecule has 0 bridgehead atoms. The summed E-state index contributed by atoms with van der Waals surface area (Å²) in [7, 11) is 0. The van der Waals surface area contributed by atoms with Crippen molar-refractivity contribution in [2.75, 3.05) is 13.1 Å². The molecule has 0 spiro atoms. The standard InChI is InChI=1S/C29H27FN6/c1-18(2)36-26-6-5-21(11-23(26)15-34-36)29-28(20-3-4-22(13-31)25(30)12-20)24-8-10-35(27(24)16-33-29)17-19-7-9-32-14-19/h3-6,8,10-12,15-16,18-19,32H,7,9,14,17H2,1-2H3. The second-order valence-electron chi connectivity index (χ2n) is 9.87. The van der Waals surface area contributed by atoms with Gasteiger partial charge in [-0.1, -0.05) is 12.1 Å². The van der Waals surface area contributed by atoms with Crippen LogP contribution in [-0.2, 0) is 6.54 Å². The van der Waals surface area contributed by atoms with Gasteiger partial charge in [0.1, 0.15) is 11.9 Å². The van der Waals surface area contributed by atoms with Crippen LogP contribution in [0.25, 0.3) is 44.2 Å². The van der Waals surface area contributed by atoms with Crippen LogP contribution in [0.3, 0.4) is 0 Å². The molecule has 2 aromatic carbocycles. The molecule has 1 atom stereocenters. The Morgan fingerprint density at radius 3 is 2.72 bits per heavy atom. The van der Waals surface area contributed by atoms with E-state index >= 15 is 0 Å². The Morgan fingerprint density at radius 2 is 1.97 bits per heavy atom. The SMILES string of the molecule is CC(C)n1ncc2cc(-c3ncc4c(ccn4CC4CCNC4)c3-c3ccc(C#N)c(F)c3)ccc21. The lowest BCUT2D eigenvalue weighted by Crippen LogP contribution is -2.14. The first-order valence-electron chi connectivity index (χ1n) is 12.4. The van der Waals surface area contributed by atoms with Gasteiger partial charge in [-0.3, -0.25) is 9.67 Å². The molecule has 4 heterocycles. The zero-order valence-electron chi connectivity index (χ0n) is 20.4. The van der Waals surface area contributed by atoms with Gasteiger partial charge in [-0.25, -0.2) is 4.39 Å². The molecule has 1 aliphatic heterocycles. The van der Waals surface area contributed by atoms with Crippen LogP contribution < -0.4 is 5.32 Å². The van der Waals surface area contributed by atoms with Gasteiger partial charge < -0.3 is 9.88 Å². The molecule has 1 aliphatic rings. The summed E-state index contributed by atoms with van der Waals surface area (Å²) in [5.74, 6) is 0.0547. The van der Waals surface area contributed by atoms with Crippen LogP contribution in [0.4, 0.5) is 4.39 Å². The van der Waals surface area contributed by atoms with E-state index in [0.29, 0.717) is 11.5 Å². The van der Waals surface area contributed by atoms with Crippen molar-refractivity contribution in [2.24, 2.45) is 5.92 Å². The predicted octanol–water partition coefficient (Wildman–Crippen LogP) is 5.92.